The van der Waals surface area contributed by atoms with Gasteiger partial charge in [0.1, 0.15) is 13.2 Å². The lowest BCUT2D eigenvalue weighted by Crippen LogP contribution is -2.36. The second kappa shape index (κ2) is 6.29. The highest BCUT2D eigenvalue weighted by atomic mass is 16.6. The highest BCUT2D eigenvalue weighted by molar-refractivity contribution is 5.93. The minimum Gasteiger partial charge on any atom is -0.486 e. The van der Waals surface area contributed by atoms with Gasteiger partial charge < -0.3 is 14.8 Å². The fraction of sp³-hybridized carbons (Fsp3) is 0.462. The first-order valence-electron chi connectivity index (χ1n) is 6.37. The molecule has 0 atom stereocenters. The largest absolute Gasteiger partial charge is 0.486 e. The van der Waals surface area contributed by atoms with Gasteiger partial charge in [-0.15, -0.1) is 0 Å². The number of rotatable bonds is 3. The maximum absolute atomic E-state index is 5.52. The third-order valence-corrected chi connectivity index (χ3v) is 2.56. The normalized spacial score (nSPS) is 14.4. The van der Waals surface area contributed by atoms with Gasteiger partial charge >= 0.3 is 0 Å². The molecule has 0 unspecified atom stereocenters. The van der Waals surface area contributed by atoms with E-state index < -0.39 is 0 Å². The Labute approximate surface area is 113 Å². The molecule has 6 heteroatoms. The Balaban J connectivity index is 2.07. The molecule has 0 bridgehead atoms. The molecule has 1 aliphatic rings. The number of nitrogens with one attached hydrogen (secondary N) is 2. The monoisotopic (exact) mass is 264 g/mol. The molecule has 0 radical (unpaired) electrons. The van der Waals surface area contributed by atoms with Crippen LogP contribution >= 0.6 is 0 Å². The number of aliphatic imine (C=N–C) groups is 1. The molecular weight excluding hydrogens is 244 g/mol. The summed E-state index contributed by atoms with van der Waals surface area (Å²) >= 11 is 0. The molecule has 0 spiro atoms. The van der Waals surface area contributed by atoms with Crippen LogP contribution in [0.5, 0.6) is 11.5 Å². The van der Waals surface area contributed by atoms with E-state index in [9.17, 15) is 0 Å². The number of nitrogens with two attached hydrogens (primary N) is 1. The van der Waals surface area contributed by atoms with Crippen molar-refractivity contribution in [3.63, 3.8) is 0 Å². The number of benzene rings is 1. The number of nitrogens with zero attached hydrogens (tertiary/aromatic N) is 1. The quantitative estimate of drug-likeness (QED) is 0.332. The lowest BCUT2D eigenvalue weighted by atomic mass is 10.2. The predicted molar refractivity (Wildman–Crippen MR) is 75.5 cm³/mol. The predicted octanol–water partition coefficient (Wildman–Crippen LogP) is 1.34. The van der Waals surface area contributed by atoms with Crippen molar-refractivity contribution >= 4 is 11.6 Å². The van der Waals surface area contributed by atoms with E-state index >= 15 is 0 Å². The number of ether oxygens (including phenoxy) is 2. The van der Waals surface area contributed by atoms with Crippen molar-refractivity contribution in [3.05, 3.63) is 18.2 Å². The van der Waals surface area contributed by atoms with Crippen molar-refractivity contribution < 1.29 is 9.47 Å². The number of hydrogen-bond acceptors (Lipinski definition) is 4. The maximum atomic E-state index is 5.52. The first-order chi connectivity index (χ1) is 9.19. The molecule has 0 aliphatic carbocycles. The Morgan fingerprint density at radius 2 is 2.05 bits per heavy atom. The van der Waals surface area contributed by atoms with Crippen molar-refractivity contribution in [2.45, 2.75) is 13.8 Å². The van der Waals surface area contributed by atoms with Gasteiger partial charge in [-0.25, -0.2) is 5.84 Å². The Kier molecular flexibility index (Phi) is 4.46. The van der Waals surface area contributed by atoms with E-state index in [2.05, 4.69) is 29.6 Å². The van der Waals surface area contributed by atoms with Crippen LogP contribution in [0, 0.1) is 5.92 Å². The third-order valence-electron chi connectivity index (χ3n) is 2.56. The fourth-order valence-electron chi connectivity index (χ4n) is 1.65. The number of anilines is 1. The van der Waals surface area contributed by atoms with Crippen molar-refractivity contribution in [3.8, 4) is 11.5 Å². The van der Waals surface area contributed by atoms with Crippen LogP contribution in [0.25, 0.3) is 0 Å². The Morgan fingerprint density at radius 1 is 1.32 bits per heavy atom. The zero-order valence-electron chi connectivity index (χ0n) is 11.3. The van der Waals surface area contributed by atoms with Gasteiger partial charge in [0.2, 0.25) is 5.96 Å². The second-order valence-electron chi connectivity index (χ2n) is 4.71. The Bertz CT molecular complexity index is 460. The van der Waals surface area contributed by atoms with Crippen LogP contribution in [0.3, 0.4) is 0 Å². The molecular formula is C13H20N4O2. The van der Waals surface area contributed by atoms with E-state index in [4.69, 9.17) is 15.3 Å². The minimum atomic E-state index is 0.477. The van der Waals surface area contributed by atoms with Crippen LogP contribution in [0.1, 0.15) is 13.8 Å². The van der Waals surface area contributed by atoms with Crippen LogP contribution in [0.4, 0.5) is 5.69 Å². The molecule has 19 heavy (non-hydrogen) atoms. The summed E-state index contributed by atoms with van der Waals surface area (Å²) in [5.74, 6) is 7.95. The summed E-state index contributed by atoms with van der Waals surface area (Å²) in [5, 5.41) is 3.11. The SMILES string of the molecule is CC(C)CN=C(NN)Nc1ccc2c(c1)OCCO2. The molecule has 1 aliphatic heterocycles. The second-order valence-corrected chi connectivity index (χ2v) is 4.71. The van der Waals surface area contributed by atoms with Crippen molar-refractivity contribution in [1.29, 1.82) is 0 Å². The molecule has 4 N–H and O–H groups in total. The molecule has 0 aromatic heterocycles. The lowest BCUT2D eigenvalue weighted by Gasteiger charge is -2.19. The topological polar surface area (TPSA) is 80.9 Å². The number of fused-ring (bicyclic) bond motifs is 1. The van der Waals surface area contributed by atoms with E-state index in [0.717, 1.165) is 17.2 Å². The van der Waals surface area contributed by atoms with Gasteiger partial charge in [0.25, 0.3) is 0 Å². The summed E-state index contributed by atoms with van der Waals surface area (Å²) in [7, 11) is 0. The van der Waals surface area contributed by atoms with Gasteiger partial charge in [-0.1, -0.05) is 13.8 Å². The zero-order chi connectivity index (χ0) is 13.7. The fourth-order valence-corrected chi connectivity index (χ4v) is 1.65. The summed E-state index contributed by atoms with van der Waals surface area (Å²) in [6.45, 7) is 6.06. The molecule has 0 fully saturated rings. The third kappa shape index (κ3) is 3.75. The maximum Gasteiger partial charge on any atom is 0.210 e. The van der Waals surface area contributed by atoms with Gasteiger partial charge in [0.15, 0.2) is 11.5 Å². The molecule has 1 aromatic carbocycles. The summed E-state index contributed by atoms with van der Waals surface area (Å²) in [5.41, 5.74) is 3.40. The molecule has 6 nitrogen and oxygen atoms in total. The molecule has 1 heterocycles. The number of guanidine groups is 1. The minimum absolute atomic E-state index is 0.477. The average molecular weight is 264 g/mol. The van der Waals surface area contributed by atoms with E-state index in [-0.39, 0.29) is 0 Å². The van der Waals surface area contributed by atoms with Gasteiger partial charge in [0.05, 0.1) is 0 Å². The molecule has 104 valence electrons. The Hall–Kier alpha value is -1.95. The van der Waals surface area contributed by atoms with Crippen molar-refractivity contribution in [2.24, 2.45) is 16.8 Å². The summed E-state index contributed by atoms with van der Waals surface area (Å²) in [4.78, 5) is 4.35. The summed E-state index contributed by atoms with van der Waals surface area (Å²) < 4.78 is 11.0. The van der Waals surface area contributed by atoms with Crippen molar-refractivity contribution in [1.82, 2.24) is 5.43 Å². The molecule has 0 amide bonds. The van der Waals surface area contributed by atoms with Crippen LogP contribution in [-0.4, -0.2) is 25.7 Å². The number of hydrogen-bond donors (Lipinski definition) is 3. The van der Waals surface area contributed by atoms with Crippen LogP contribution in [-0.2, 0) is 0 Å². The summed E-state index contributed by atoms with van der Waals surface area (Å²) in [6, 6.07) is 5.64. The zero-order valence-corrected chi connectivity index (χ0v) is 11.3. The number of hydrazine groups is 1. The molecule has 1 aromatic rings. The standard InChI is InChI=1S/C13H20N4O2/c1-9(2)8-15-13(17-14)16-10-3-4-11-12(7-10)19-6-5-18-11/h3-4,7,9H,5-6,8,14H2,1-2H3,(H2,15,16,17). The van der Waals surface area contributed by atoms with Gasteiger partial charge in [-0.2, -0.15) is 0 Å². The summed E-state index contributed by atoms with van der Waals surface area (Å²) in [6.07, 6.45) is 0. The first kappa shape index (κ1) is 13.5. The Morgan fingerprint density at radius 3 is 2.74 bits per heavy atom. The van der Waals surface area contributed by atoms with Crippen LogP contribution in [0.15, 0.2) is 23.2 Å². The van der Waals surface area contributed by atoms with Crippen LogP contribution in [0.2, 0.25) is 0 Å². The van der Waals surface area contributed by atoms with Gasteiger partial charge in [0, 0.05) is 18.3 Å². The average Bonchev–Trinajstić information content (AvgIpc) is 2.43. The van der Waals surface area contributed by atoms with Crippen LogP contribution < -0.4 is 26.1 Å². The van der Waals surface area contributed by atoms with Gasteiger partial charge in [-0.3, -0.25) is 10.4 Å². The lowest BCUT2D eigenvalue weighted by molar-refractivity contribution is 0.171. The highest BCUT2D eigenvalue weighted by Crippen LogP contribution is 2.32. The first-order valence-corrected chi connectivity index (χ1v) is 6.37. The molecule has 0 saturated carbocycles. The van der Waals surface area contributed by atoms with E-state index in [1.165, 1.54) is 0 Å². The van der Waals surface area contributed by atoms with Gasteiger partial charge in [-0.05, 0) is 18.1 Å². The smallest absolute Gasteiger partial charge is 0.210 e. The van der Waals surface area contributed by atoms with Crippen molar-refractivity contribution in [2.75, 3.05) is 25.1 Å². The van der Waals surface area contributed by atoms with E-state index in [0.29, 0.717) is 31.6 Å². The highest BCUT2D eigenvalue weighted by Gasteiger charge is 2.12. The van der Waals surface area contributed by atoms with E-state index in [1.54, 1.807) is 0 Å². The molecule has 0 saturated heterocycles. The molecule has 2 rings (SSSR count). The van der Waals surface area contributed by atoms with E-state index in [1.807, 2.05) is 18.2 Å².